The van der Waals surface area contributed by atoms with Gasteiger partial charge < -0.3 is 10.8 Å². The average molecular weight is 180 g/mol. The topological polar surface area (TPSA) is 46.2 Å². The first-order valence-corrected chi connectivity index (χ1v) is 4.09. The number of rotatable bonds is 1. The summed E-state index contributed by atoms with van der Waals surface area (Å²) in [6.07, 6.45) is 4.18. The van der Waals surface area contributed by atoms with Crippen molar-refractivity contribution in [3.05, 3.63) is 0 Å². The first-order valence-electron chi connectivity index (χ1n) is 4.09. The lowest BCUT2D eigenvalue weighted by Gasteiger charge is -2.34. The zero-order valence-electron chi connectivity index (χ0n) is 7.05. The van der Waals surface area contributed by atoms with Gasteiger partial charge in [0.15, 0.2) is 0 Å². The van der Waals surface area contributed by atoms with Gasteiger partial charge in [0.25, 0.3) is 0 Å². The monoisotopic (exact) mass is 179 g/mol. The van der Waals surface area contributed by atoms with Crippen LogP contribution in [0.3, 0.4) is 0 Å². The van der Waals surface area contributed by atoms with Crippen LogP contribution in [0.4, 0.5) is 0 Å². The maximum absolute atomic E-state index is 9.73. The van der Waals surface area contributed by atoms with Crippen molar-refractivity contribution in [1.29, 1.82) is 0 Å². The van der Waals surface area contributed by atoms with E-state index in [1.54, 1.807) is 0 Å². The van der Waals surface area contributed by atoms with Crippen LogP contribution in [-0.4, -0.2) is 17.3 Å². The number of hydrogen-bond acceptors (Lipinski definition) is 2. The zero-order valence-corrected chi connectivity index (χ0v) is 7.86. The summed E-state index contributed by atoms with van der Waals surface area (Å²) in [6.45, 7) is 2.61. The summed E-state index contributed by atoms with van der Waals surface area (Å²) in [6, 6.07) is 0. The molecular weight excluding hydrogens is 162 g/mol. The number of hydrogen-bond donors (Lipinski definition) is 2. The van der Waals surface area contributed by atoms with Gasteiger partial charge in [0, 0.05) is 6.54 Å². The van der Waals surface area contributed by atoms with Crippen LogP contribution in [0.2, 0.25) is 0 Å². The van der Waals surface area contributed by atoms with Crippen molar-refractivity contribution in [2.24, 2.45) is 11.7 Å². The van der Waals surface area contributed by atoms with Crippen LogP contribution >= 0.6 is 12.4 Å². The molecule has 0 amide bonds. The van der Waals surface area contributed by atoms with Gasteiger partial charge in [0.1, 0.15) is 0 Å². The maximum Gasteiger partial charge on any atom is 0.0772 e. The van der Waals surface area contributed by atoms with Crippen molar-refractivity contribution < 1.29 is 5.11 Å². The number of halogens is 1. The van der Waals surface area contributed by atoms with E-state index < -0.39 is 5.60 Å². The third kappa shape index (κ3) is 2.97. The molecule has 0 aromatic rings. The van der Waals surface area contributed by atoms with Crippen molar-refractivity contribution in [2.75, 3.05) is 6.54 Å². The van der Waals surface area contributed by atoms with Crippen molar-refractivity contribution in [3.8, 4) is 0 Å². The quantitative estimate of drug-likeness (QED) is 0.638. The van der Waals surface area contributed by atoms with Gasteiger partial charge in [-0.2, -0.15) is 0 Å². The van der Waals surface area contributed by atoms with Gasteiger partial charge in [0.05, 0.1) is 5.60 Å². The van der Waals surface area contributed by atoms with Gasteiger partial charge in [0.2, 0.25) is 0 Å². The molecular formula is C8H18ClNO. The third-order valence-electron chi connectivity index (χ3n) is 2.45. The Morgan fingerprint density at radius 3 is 2.64 bits per heavy atom. The Bertz CT molecular complexity index is 121. The van der Waals surface area contributed by atoms with Crippen molar-refractivity contribution in [2.45, 2.75) is 38.2 Å². The second-order valence-electron chi connectivity index (χ2n) is 3.63. The standard InChI is InChI=1S/C8H17NO.ClH/c1-7-3-2-4-8(10,5-7)6-9;/h7,10H,2-6,9H2,1H3;1H/t7-,8-;/m0./s1. The van der Waals surface area contributed by atoms with E-state index in [1.807, 2.05) is 0 Å². The Morgan fingerprint density at radius 2 is 2.27 bits per heavy atom. The molecule has 0 radical (unpaired) electrons. The molecule has 1 aliphatic carbocycles. The summed E-state index contributed by atoms with van der Waals surface area (Å²) >= 11 is 0. The molecule has 68 valence electrons. The number of aliphatic hydroxyl groups is 1. The molecule has 0 spiro atoms. The summed E-state index contributed by atoms with van der Waals surface area (Å²) < 4.78 is 0. The molecule has 1 rings (SSSR count). The molecule has 2 atom stereocenters. The Labute approximate surface area is 74.6 Å². The second kappa shape index (κ2) is 4.29. The van der Waals surface area contributed by atoms with Crippen molar-refractivity contribution in [1.82, 2.24) is 0 Å². The Hall–Kier alpha value is 0.210. The van der Waals surface area contributed by atoms with Crippen LogP contribution in [-0.2, 0) is 0 Å². The lowest BCUT2D eigenvalue weighted by molar-refractivity contribution is -0.00446. The second-order valence-corrected chi connectivity index (χ2v) is 3.63. The van der Waals surface area contributed by atoms with Crippen molar-refractivity contribution in [3.63, 3.8) is 0 Å². The predicted molar refractivity (Wildman–Crippen MR) is 48.9 cm³/mol. The highest BCUT2D eigenvalue weighted by Gasteiger charge is 2.30. The van der Waals surface area contributed by atoms with E-state index >= 15 is 0 Å². The van der Waals surface area contributed by atoms with Gasteiger partial charge in [-0.15, -0.1) is 12.4 Å². The Morgan fingerprint density at radius 1 is 1.64 bits per heavy atom. The summed E-state index contributed by atoms with van der Waals surface area (Å²) in [7, 11) is 0. The molecule has 3 heteroatoms. The highest BCUT2D eigenvalue weighted by molar-refractivity contribution is 5.85. The van der Waals surface area contributed by atoms with Crippen LogP contribution in [0.5, 0.6) is 0 Å². The van der Waals surface area contributed by atoms with Gasteiger partial charge in [-0.3, -0.25) is 0 Å². The molecule has 0 heterocycles. The molecule has 0 aliphatic heterocycles. The maximum atomic E-state index is 9.73. The molecule has 1 saturated carbocycles. The van der Waals surface area contributed by atoms with Gasteiger partial charge in [-0.05, 0) is 18.8 Å². The van der Waals surface area contributed by atoms with Crippen LogP contribution in [0.25, 0.3) is 0 Å². The van der Waals surface area contributed by atoms with Crippen LogP contribution in [0, 0.1) is 5.92 Å². The van der Waals surface area contributed by atoms with Gasteiger partial charge in [-0.1, -0.05) is 19.8 Å². The Balaban J connectivity index is 0.000001000. The first-order chi connectivity index (χ1) is 4.66. The minimum absolute atomic E-state index is 0. The normalized spacial score (nSPS) is 37.9. The fourth-order valence-corrected chi connectivity index (χ4v) is 1.82. The van der Waals surface area contributed by atoms with E-state index in [-0.39, 0.29) is 12.4 Å². The molecule has 0 bridgehead atoms. The number of nitrogens with two attached hydrogens (primary N) is 1. The molecule has 2 nitrogen and oxygen atoms in total. The SMILES string of the molecule is C[C@H]1CCC[C@@](O)(CN)C1.Cl. The van der Waals surface area contributed by atoms with Crippen LogP contribution < -0.4 is 5.73 Å². The minimum Gasteiger partial charge on any atom is -0.389 e. The zero-order chi connectivity index (χ0) is 7.61. The first kappa shape index (κ1) is 11.2. The van der Waals surface area contributed by atoms with E-state index in [0.29, 0.717) is 12.5 Å². The van der Waals surface area contributed by atoms with E-state index in [0.717, 1.165) is 19.3 Å². The largest absolute Gasteiger partial charge is 0.389 e. The van der Waals surface area contributed by atoms with Gasteiger partial charge in [-0.25, -0.2) is 0 Å². The highest BCUT2D eigenvalue weighted by atomic mass is 35.5. The molecule has 3 N–H and O–H groups in total. The average Bonchev–Trinajstić information content (AvgIpc) is 1.88. The van der Waals surface area contributed by atoms with Crippen LogP contribution in [0.15, 0.2) is 0 Å². The third-order valence-corrected chi connectivity index (χ3v) is 2.45. The summed E-state index contributed by atoms with van der Waals surface area (Å²) in [5.74, 6) is 0.655. The fourth-order valence-electron chi connectivity index (χ4n) is 1.82. The highest BCUT2D eigenvalue weighted by Crippen LogP contribution is 2.30. The minimum atomic E-state index is -0.530. The lowest BCUT2D eigenvalue weighted by Crippen LogP contribution is -2.41. The molecule has 0 aromatic carbocycles. The molecule has 0 aromatic heterocycles. The predicted octanol–water partition coefficient (Wildman–Crippen LogP) is 1.31. The Kier molecular flexibility index (Phi) is 4.37. The van der Waals surface area contributed by atoms with E-state index in [1.165, 1.54) is 6.42 Å². The van der Waals surface area contributed by atoms with Crippen molar-refractivity contribution >= 4 is 12.4 Å². The van der Waals surface area contributed by atoms with E-state index in [9.17, 15) is 5.11 Å². The van der Waals surface area contributed by atoms with Gasteiger partial charge >= 0.3 is 0 Å². The molecule has 0 unspecified atom stereocenters. The summed E-state index contributed by atoms with van der Waals surface area (Å²) in [5, 5.41) is 9.73. The van der Waals surface area contributed by atoms with E-state index in [2.05, 4.69) is 6.92 Å². The van der Waals surface area contributed by atoms with Crippen LogP contribution in [0.1, 0.15) is 32.6 Å². The van der Waals surface area contributed by atoms with E-state index in [4.69, 9.17) is 5.73 Å². The fraction of sp³-hybridized carbons (Fsp3) is 1.00. The molecule has 1 fully saturated rings. The summed E-state index contributed by atoms with van der Waals surface area (Å²) in [4.78, 5) is 0. The summed E-state index contributed by atoms with van der Waals surface area (Å²) in [5.41, 5.74) is 4.92. The molecule has 11 heavy (non-hydrogen) atoms. The molecule has 0 saturated heterocycles. The molecule has 1 aliphatic rings. The lowest BCUT2D eigenvalue weighted by atomic mass is 9.79. The smallest absolute Gasteiger partial charge is 0.0772 e.